The monoisotopic (exact) mass is 349 g/mol. The Balaban J connectivity index is 2.89. The van der Waals surface area contributed by atoms with Crippen LogP contribution in [0.15, 0.2) is 17.6 Å². The van der Waals surface area contributed by atoms with Gasteiger partial charge in [-0.05, 0) is 6.26 Å². The number of carbonyl (C=O) groups is 1. The Morgan fingerprint density at radius 1 is 1.52 bits per heavy atom. The Kier molecular flexibility index (Phi) is 6.56. The van der Waals surface area contributed by atoms with Crippen LogP contribution in [0.4, 0.5) is 10.7 Å². The van der Waals surface area contributed by atoms with Crippen molar-refractivity contribution >= 4 is 49.5 Å². The lowest BCUT2D eigenvalue weighted by atomic mass is 10.3. The molecule has 1 rings (SSSR count). The highest BCUT2D eigenvalue weighted by molar-refractivity contribution is 7.99. The van der Waals surface area contributed by atoms with E-state index in [0.717, 1.165) is 4.90 Å². The van der Waals surface area contributed by atoms with Crippen molar-refractivity contribution in [2.45, 2.75) is 4.90 Å². The summed E-state index contributed by atoms with van der Waals surface area (Å²) in [6.07, 6.45) is 4.62. The summed E-state index contributed by atoms with van der Waals surface area (Å²) in [6, 6.07) is 0. The lowest BCUT2D eigenvalue weighted by molar-refractivity contribution is 0.0962. The third-order valence-corrected chi connectivity index (χ3v) is 5.54. The smallest absolute Gasteiger partial charge is 0.263 e. The Hall–Kier alpha value is -1.19. The van der Waals surface area contributed by atoms with Gasteiger partial charge in [-0.25, -0.2) is 8.42 Å². The fourth-order valence-electron chi connectivity index (χ4n) is 1.51. The highest BCUT2D eigenvalue weighted by Crippen LogP contribution is 2.41. The predicted molar refractivity (Wildman–Crippen MR) is 91.2 cm³/mol. The Morgan fingerprint density at radius 2 is 2.19 bits per heavy atom. The highest BCUT2D eigenvalue weighted by atomic mass is 32.2. The Labute approximate surface area is 133 Å². The number of thioether (sulfide) groups is 1. The van der Waals surface area contributed by atoms with Gasteiger partial charge in [-0.3, -0.25) is 4.79 Å². The van der Waals surface area contributed by atoms with Crippen molar-refractivity contribution < 1.29 is 13.2 Å². The normalized spacial score (nSPS) is 11.1. The fourth-order valence-corrected chi connectivity index (χ4v) is 3.96. The van der Waals surface area contributed by atoms with Crippen molar-refractivity contribution in [2.24, 2.45) is 0 Å². The zero-order valence-corrected chi connectivity index (χ0v) is 14.4. The predicted octanol–water partition coefficient (Wildman–Crippen LogP) is 1.42. The minimum atomic E-state index is -3.03. The molecule has 0 aliphatic rings. The number of sulfone groups is 1. The largest absolute Gasteiger partial charge is 0.396 e. The molecule has 0 spiro atoms. The minimum absolute atomic E-state index is 0.0244. The first-order chi connectivity index (χ1) is 9.80. The van der Waals surface area contributed by atoms with Gasteiger partial charge in [0.1, 0.15) is 19.7 Å². The van der Waals surface area contributed by atoms with Crippen LogP contribution in [0.5, 0.6) is 0 Å². The van der Waals surface area contributed by atoms with Crippen molar-refractivity contribution in [1.29, 1.82) is 0 Å². The van der Waals surface area contributed by atoms with Crippen LogP contribution in [0.1, 0.15) is 9.67 Å². The van der Waals surface area contributed by atoms with Crippen molar-refractivity contribution in [3.05, 3.63) is 17.5 Å². The molecule has 0 atom stereocenters. The molecular weight excluding hydrogens is 330 g/mol. The number of nitrogen functional groups attached to an aromatic ring is 1. The molecule has 1 aromatic heterocycles. The highest BCUT2D eigenvalue weighted by Gasteiger charge is 2.20. The first-order valence-corrected chi connectivity index (χ1v) is 10.2. The summed E-state index contributed by atoms with van der Waals surface area (Å²) in [6.45, 7) is 4.18. The maximum absolute atomic E-state index is 12.0. The van der Waals surface area contributed by atoms with E-state index in [0.29, 0.717) is 22.1 Å². The zero-order valence-electron chi connectivity index (χ0n) is 11.9. The topological polar surface area (TPSA) is 101 Å². The molecular formula is C12H19N3O3S3. The van der Waals surface area contributed by atoms with E-state index < -0.39 is 9.84 Å². The molecule has 1 aromatic rings. The van der Waals surface area contributed by atoms with Gasteiger partial charge >= 0.3 is 0 Å². The third kappa shape index (κ3) is 5.25. The van der Waals surface area contributed by atoms with Gasteiger partial charge in [0.05, 0.1) is 16.3 Å². The van der Waals surface area contributed by atoms with Crippen LogP contribution in [-0.2, 0) is 9.84 Å². The lowest BCUT2D eigenvalue weighted by Gasteiger charge is -2.05. The van der Waals surface area contributed by atoms with Crippen LogP contribution in [0, 0.1) is 0 Å². The maximum Gasteiger partial charge on any atom is 0.263 e. The molecule has 118 valence electrons. The summed E-state index contributed by atoms with van der Waals surface area (Å²) in [7, 11) is -3.03. The molecule has 1 heterocycles. The van der Waals surface area contributed by atoms with E-state index in [1.54, 1.807) is 6.08 Å². The maximum atomic E-state index is 12.0. The van der Waals surface area contributed by atoms with Gasteiger partial charge in [0.15, 0.2) is 0 Å². The number of amides is 1. The van der Waals surface area contributed by atoms with E-state index in [2.05, 4.69) is 17.2 Å². The molecule has 0 saturated heterocycles. The zero-order chi connectivity index (χ0) is 16.0. The average Bonchev–Trinajstić information content (AvgIpc) is 2.71. The van der Waals surface area contributed by atoms with Crippen LogP contribution in [0.25, 0.3) is 0 Å². The van der Waals surface area contributed by atoms with Gasteiger partial charge < -0.3 is 16.4 Å². The van der Waals surface area contributed by atoms with Crippen LogP contribution < -0.4 is 16.4 Å². The third-order valence-electron chi connectivity index (χ3n) is 2.48. The second-order valence-corrected chi connectivity index (χ2v) is 8.36. The van der Waals surface area contributed by atoms with E-state index in [-0.39, 0.29) is 18.2 Å². The van der Waals surface area contributed by atoms with Gasteiger partial charge in [0.25, 0.3) is 5.91 Å². The number of rotatable bonds is 8. The summed E-state index contributed by atoms with van der Waals surface area (Å²) < 4.78 is 22.3. The Bertz CT molecular complexity index is 623. The summed E-state index contributed by atoms with van der Waals surface area (Å²) in [5.74, 6) is -0.236. The molecule has 9 heteroatoms. The molecule has 0 aromatic carbocycles. The molecule has 0 aliphatic heterocycles. The van der Waals surface area contributed by atoms with Gasteiger partial charge in [0.2, 0.25) is 0 Å². The number of nitrogens with one attached hydrogen (secondary N) is 2. The number of anilines is 2. The number of carbonyl (C=O) groups excluding carboxylic acids is 1. The lowest BCUT2D eigenvalue weighted by Crippen LogP contribution is -2.23. The Morgan fingerprint density at radius 3 is 2.71 bits per heavy atom. The second-order valence-electron chi connectivity index (χ2n) is 4.26. The SMILES string of the molecule is C=CCNC(=O)c1sc(NCCS(C)(=O)=O)c(SC)c1N. The summed E-state index contributed by atoms with van der Waals surface area (Å²) in [5.41, 5.74) is 6.40. The molecule has 0 bridgehead atoms. The average molecular weight is 350 g/mol. The molecule has 0 aliphatic carbocycles. The van der Waals surface area contributed by atoms with Crippen molar-refractivity contribution in [3.63, 3.8) is 0 Å². The fraction of sp³-hybridized carbons (Fsp3) is 0.417. The van der Waals surface area contributed by atoms with E-state index in [4.69, 9.17) is 5.73 Å². The molecule has 4 N–H and O–H groups in total. The van der Waals surface area contributed by atoms with Gasteiger partial charge in [-0.1, -0.05) is 6.08 Å². The standard InChI is InChI=1S/C12H19N3O3S3/c1-4-5-14-11(16)9-8(13)10(19-2)12(20-9)15-6-7-21(3,17)18/h4,15H,1,5-7,13H2,2-3H3,(H,14,16). The van der Waals surface area contributed by atoms with Crippen molar-refractivity contribution in [2.75, 3.05) is 42.4 Å². The number of thiophene rings is 1. The number of hydrogen-bond donors (Lipinski definition) is 3. The minimum Gasteiger partial charge on any atom is -0.396 e. The molecule has 6 nitrogen and oxygen atoms in total. The van der Waals surface area contributed by atoms with E-state index in [1.165, 1.54) is 29.4 Å². The second kappa shape index (κ2) is 7.71. The summed E-state index contributed by atoms with van der Waals surface area (Å²) in [4.78, 5) is 13.2. The molecule has 0 radical (unpaired) electrons. The molecule has 0 saturated carbocycles. The summed E-state index contributed by atoms with van der Waals surface area (Å²) >= 11 is 2.64. The molecule has 0 unspecified atom stereocenters. The summed E-state index contributed by atoms with van der Waals surface area (Å²) in [5, 5.41) is 6.42. The first kappa shape index (κ1) is 17.9. The molecule has 0 fully saturated rings. The number of nitrogens with two attached hydrogens (primary N) is 1. The molecule has 21 heavy (non-hydrogen) atoms. The van der Waals surface area contributed by atoms with Gasteiger partial charge in [-0.2, -0.15) is 0 Å². The quantitative estimate of drug-likeness (QED) is 0.485. The van der Waals surface area contributed by atoms with E-state index >= 15 is 0 Å². The van der Waals surface area contributed by atoms with E-state index in [1.807, 2.05) is 6.26 Å². The van der Waals surface area contributed by atoms with Crippen LogP contribution in [0.2, 0.25) is 0 Å². The number of hydrogen-bond acceptors (Lipinski definition) is 7. The van der Waals surface area contributed by atoms with Crippen LogP contribution >= 0.6 is 23.1 Å². The first-order valence-electron chi connectivity index (χ1n) is 6.07. The van der Waals surface area contributed by atoms with Crippen molar-refractivity contribution in [3.8, 4) is 0 Å². The van der Waals surface area contributed by atoms with Crippen LogP contribution in [-0.4, -0.2) is 45.7 Å². The van der Waals surface area contributed by atoms with Gasteiger partial charge in [-0.15, -0.1) is 29.7 Å². The molecule has 1 amide bonds. The van der Waals surface area contributed by atoms with E-state index in [9.17, 15) is 13.2 Å². The van der Waals surface area contributed by atoms with Crippen molar-refractivity contribution in [1.82, 2.24) is 5.32 Å². The van der Waals surface area contributed by atoms with Gasteiger partial charge in [0, 0.05) is 19.3 Å². The van der Waals surface area contributed by atoms with Crippen LogP contribution in [0.3, 0.4) is 0 Å².